The first-order valence-corrected chi connectivity index (χ1v) is 11.4. The van der Waals surface area contributed by atoms with Crippen LogP contribution in [0.25, 0.3) is 0 Å². The molecule has 0 heterocycles. The van der Waals surface area contributed by atoms with Gasteiger partial charge < -0.3 is 10.1 Å². The highest BCUT2D eigenvalue weighted by molar-refractivity contribution is 9.10. The highest BCUT2D eigenvalue weighted by Crippen LogP contribution is 2.26. The molecule has 0 spiro atoms. The molecule has 7 nitrogen and oxygen atoms in total. The topological polar surface area (TPSA) is 87.7 Å². The first kappa shape index (κ1) is 23.3. The summed E-state index contributed by atoms with van der Waals surface area (Å²) in [7, 11) is -0.572. The highest BCUT2D eigenvalue weighted by Gasteiger charge is 2.17. The lowest BCUT2D eigenvalue weighted by atomic mass is 10.2. The van der Waals surface area contributed by atoms with Crippen molar-refractivity contribution in [2.75, 3.05) is 26.0 Å². The van der Waals surface area contributed by atoms with Gasteiger partial charge in [0.1, 0.15) is 5.75 Å². The van der Waals surface area contributed by atoms with Crippen LogP contribution < -0.4 is 15.4 Å². The van der Waals surface area contributed by atoms with Crippen molar-refractivity contribution in [1.29, 1.82) is 0 Å². The Labute approximate surface area is 184 Å². The molecule has 0 atom stereocenters. The van der Waals surface area contributed by atoms with Crippen LogP contribution in [-0.2, 0) is 10.0 Å². The van der Waals surface area contributed by atoms with Crippen molar-refractivity contribution >= 4 is 54.9 Å². The second kappa shape index (κ2) is 10.1. The van der Waals surface area contributed by atoms with E-state index in [0.29, 0.717) is 28.1 Å². The molecule has 0 aliphatic carbocycles. The third-order valence-corrected chi connectivity index (χ3v) is 6.43. The molecule has 10 heteroatoms. The lowest BCUT2D eigenvalue weighted by Gasteiger charge is -2.13. The molecule has 0 aliphatic heterocycles. The fourth-order valence-electron chi connectivity index (χ4n) is 2.23. The number of amides is 1. The van der Waals surface area contributed by atoms with Crippen molar-refractivity contribution < 1.29 is 17.9 Å². The van der Waals surface area contributed by atoms with Gasteiger partial charge in [0, 0.05) is 25.3 Å². The predicted molar refractivity (Wildman–Crippen MR) is 121 cm³/mol. The van der Waals surface area contributed by atoms with Crippen LogP contribution in [0.4, 0.5) is 5.69 Å². The van der Waals surface area contributed by atoms with E-state index in [9.17, 15) is 13.2 Å². The molecule has 29 heavy (non-hydrogen) atoms. The summed E-state index contributed by atoms with van der Waals surface area (Å²) >= 11 is 8.56. The third kappa shape index (κ3) is 6.23. The molecule has 156 valence electrons. The van der Waals surface area contributed by atoms with Gasteiger partial charge in [0.15, 0.2) is 5.11 Å². The van der Waals surface area contributed by atoms with Crippen LogP contribution in [0.5, 0.6) is 5.75 Å². The molecule has 0 fully saturated rings. The minimum absolute atomic E-state index is 0.0978. The second-order valence-corrected chi connectivity index (χ2v) is 9.63. The van der Waals surface area contributed by atoms with Gasteiger partial charge in [-0.05, 0) is 77.0 Å². The molecule has 2 aromatic rings. The number of anilines is 1. The zero-order valence-electron chi connectivity index (χ0n) is 16.2. The molecule has 0 unspecified atom stereocenters. The maximum atomic E-state index is 12.4. The number of sulfonamides is 1. The number of nitrogens with one attached hydrogen (secondary N) is 2. The highest BCUT2D eigenvalue weighted by atomic mass is 79.9. The van der Waals surface area contributed by atoms with Gasteiger partial charge in [-0.3, -0.25) is 10.1 Å². The number of halogens is 1. The number of hydrogen-bond donors (Lipinski definition) is 2. The van der Waals surface area contributed by atoms with Crippen LogP contribution in [0.1, 0.15) is 23.7 Å². The van der Waals surface area contributed by atoms with E-state index in [2.05, 4.69) is 26.6 Å². The molecule has 2 aromatic carbocycles. The quantitative estimate of drug-likeness (QED) is 0.565. The number of benzene rings is 2. The van der Waals surface area contributed by atoms with E-state index in [1.807, 2.05) is 6.92 Å². The Bertz CT molecular complexity index is 993. The number of thiocarbonyl (C=S) groups is 1. The van der Waals surface area contributed by atoms with E-state index in [4.69, 9.17) is 17.0 Å². The lowest BCUT2D eigenvalue weighted by Crippen LogP contribution is -2.34. The van der Waals surface area contributed by atoms with E-state index < -0.39 is 10.0 Å². The van der Waals surface area contributed by atoms with Gasteiger partial charge in [-0.1, -0.05) is 6.92 Å². The standard InChI is InChI=1S/C19H22BrN3O4S2/c1-4-11-27-17-10-5-13(12-16(17)20)18(24)22-19(28)21-14-6-8-15(9-7-14)29(25,26)23(2)3/h5-10,12H,4,11H2,1-3H3,(H2,21,22,24,28). The van der Waals surface area contributed by atoms with Gasteiger partial charge in [0.25, 0.3) is 5.91 Å². The van der Waals surface area contributed by atoms with E-state index in [0.717, 1.165) is 10.7 Å². The summed E-state index contributed by atoms with van der Waals surface area (Å²) < 4.78 is 31.6. The van der Waals surface area contributed by atoms with Crippen LogP contribution in [0.3, 0.4) is 0 Å². The molecule has 0 aliphatic rings. The monoisotopic (exact) mass is 499 g/mol. The second-order valence-electron chi connectivity index (χ2n) is 6.21. The number of carbonyl (C=O) groups is 1. The molecule has 0 aromatic heterocycles. The Morgan fingerprint density at radius 1 is 1.17 bits per heavy atom. The summed E-state index contributed by atoms with van der Waals surface area (Å²) in [5.74, 6) is 0.286. The van der Waals surface area contributed by atoms with E-state index in [1.54, 1.807) is 30.3 Å². The van der Waals surface area contributed by atoms with Gasteiger partial charge in [0.05, 0.1) is 16.0 Å². The third-order valence-electron chi connectivity index (χ3n) is 3.77. The summed E-state index contributed by atoms with van der Waals surface area (Å²) in [6, 6.07) is 11.1. The fourth-order valence-corrected chi connectivity index (χ4v) is 3.84. The summed E-state index contributed by atoms with van der Waals surface area (Å²) in [6.45, 7) is 2.60. The summed E-state index contributed by atoms with van der Waals surface area (Å²) in [6.07, 6.45) is 0.886. The normalized spacial score (nSPS) is 11.2. The first-order valence-electron chi connectivity index (χ1n) is 8.72. The number of ether oxygens (including phenoxy) is 1. The molecule has 0 saturated heterocycles. The van der Waals surface area contributed by atoms with Gasteiger partial charge in [0.2, 0.25) is 10.0 Å². The average molecular weight is 500 g/mol. The van der Waals surface area contributed by atoms with Gasteiger partial charge >= 0.3 is 0 Å². The summed E-state index contributed by atoms with van der Waals surface area (Å²) in [5, 5.41) is 5.55. The molecule has 2 N–H and O–H groups in total. The molecule has 0 radical (unpaired) electrons. The van der Waals surface area contributed by atoms with Crippen LogP contribution in [0.15, 0.2) is 51.8 Å². The molecular weight excluding hydrogens is 478 g/mol. The van der Waals surface area contributed by atoms with Crippen LogP contribution in [-0.4, -0.2) is 44.4 Å². The minimum Gasteiger partial charge on any atom is -0.492 e. The van der Waals surface area contributed by atoms with E-state index in [1.165, 1.54) is 26.2 Å². The Balaban J connectivity index is 2.00. The first-order chi connectivity index (χ1) is 13.6. The van der Waals surface area contributed by atoms with Crippen molar-refractivity contribution in [3.05, 3.63) is 52.5 Å². The maximum Gasteiger partial charge on any atom is 0.257 e. The van der Waals surface area contributed by atoms with Gasteiger partial charge in [-0.15, -0.1) is 0 Å². The summed E-state index contributed by atoms with van der Waals surface area (Å²) in [5.41, 5.74) is 0.967. The minimum atomic E-state index is -3.50. The molecule has 1 amide bonds. The van der Waals surface area contributed by atoms with Gasteiger partial charge in [-0.25, -0.2) is 12.7 Å². The van der Waals surface area contributed by atoms with Crippen molar-refractivity contribution in [1.82, 2.24) is 9.62 Å². The average Bonchev–Trinajstić information content (AvgIpc) is 2.67. The molecule has 2 rings (SSSR count). The molecule has 0 saturated carbocycles. The predicted octanol–water partition coefficient (Wildman–Crippen LogP) is 3.62. The van der Waals surface area contributed by atoms with Crippen LogP contribution >= 0.6 is 28.1 Å². The smallest absolute Gasteiger partial charge is 0.257 e. The zero-order valence-corrected chi connectivity index (χ0v) is 19.4. The van der Waals surface area contributed by atoms with Crippen molar-refractivity contribution in [2.24, 2.45) is 0 Å². The number of hydrogen-bond acceptors (Lipinski definition) is 5. The van der Waals surface area contributed by atoms with Crippen molar-refractivity contribution in [3.8, 4) is 5.75 Å². The van der Waals surface area contributed by atoms with Crippen molar-refractivity contribution in [2.45, 2.75) is 18.2 Å². The number of rotatable bonds is 7. The summed E-state index contributed by atoms with van der Waals surface area (Å²) in [4.78, 5) is 12.6. The van der Waals surface area contributed by atoms with E-state index in [-0.39, 0.29) is 15.9 Å². The SMILES string of the molecule is CCCOc1ccc(C(=O)NC(=S)Nc2ccc(S(=O)(=O)N(C)C)cc2)cc1Br. The Morgan fingerprint density at radius 2 is 1.83 bits per heavy atom. The number of nitrogens with zero attached hydrogens (tertiary/aromatic N) is 1. The van der Waals surface area contributed by atoms with Crippen LogP contribution in [0.2, 0.25) is 0 Å². The largest absolute Gasteiger partial charge is 0.492 e. The number of carbonyl (C=O) groups excluding carboxylic acids is 1. The zero-order chi connectivity index (χ0) is 21.6. The van der Waals surface area contributed by atoms with Crippen LogP contribution in [0, 0.1) is 0 Å². The fraction of sp³-hybridized carbons (Fsp3) is 0.263. The maximum absolute atomic E-state index is 12.4. The molecule has 0 bridgehead atoms. The molecular formula is C19H22BrN3O4S2. The Kier molecular flexibility index (Phi) is 8.14. The van der Waals surface area contributed by atoms with E-state index >= 15 is 0 Å². The van der Waals surface area contributed by atoms with Crippen molar-refractivity contribution in [3.63, 3.8) is 0 Å². The lowest BCUT2D eigenvalue weighted by molar-refractivity contribution is 0.0977. The Morgan fingerprint density at radius 3 is 2.38 bits per heavy atom. The van der Waals surface area contributed by atoms with Gasteiger partial charge in [-0.2, -0.15) is 0 Å². The Hall–Kier alpha value is -2.01.